The zero-order valence-corrected chi connectivity index (χ0v) is 20.0. The molecule has 0 aliphatic carbocycles. The van der Waals surface area contributed by atoms with Crippen LogP contribution in [0.3, 0.4) is 0 Å². The molecule has 28 heavy (non-hydrogen) atoms. The second-order valence-corrected chi connectivity index (χ2v) is 7.24. The highest BCUT2D eigenvalue weighted by atomic mass is 127. The summed E-state index contributed by atoms with van der Waals surface area (Å²) >= 11 is 0. The fraction of sp³-hybridized carbons (Fsp3) is 0.619. The lowest BCUT2D eigenvalue weighted by atomic mass is 10.0. The Morgan fingerprint density at radius 1 is 1.14 bits per heavy atom. The number of nitrogens with one attached hydrogen (secondary N) is 2. The Bertz CT molecular complexity index is 612. The molecule has 7 heteroatoms. The van der Waals surface area contributed by atoms with Gasteiger partial charge in [-0.1, -0.05) is 31.2 Å². The first-order valence-electron chi connectivity index (χ1n) is 10.1. The number of rotatable bonds is 8. The number of hydrogen-bond donors (Lipinski definition) is 2. The maximum absolute atomic E-state index is 12.2. The Hall–Kier alpha value is -1.35. The van der Waals surface area contributed by atoms with Crippen molar-refractivity contribution in [3.63, 3.8) is 0 Å². The van der Waals surface area contributed by atoms with Gasteiger partial charge in [0.05, 0.1) is 6.04 Å². The highest BCUT2D eigenvalue weighted by molar-refractivity contribution is 14.0. The number of nitrogens with zero attached hydrogens (tertiary/aromatic N) is 3. The summed E-state index contributed by atoms with van der Waals surface area (Å²) in [5.41, 5.74) is 2.62. The molecule has 1 fully saturated rings. The first kappa shape index (κ1) is 24.7. The number of likely N-dealkylation sites (tertiary alicyclic amines) is 1. The van der Waals surface area contributed by atoms with E-state index < -0.39 is 0 Å². The van der Waals surface area contributed by atoms with Crippen LogP contribution in [0.15, 0.2) is 29.3 Å². The molecule has 2 rings (SSSR count). The van der Waals surface area contributed by atoms with Crippen LogP contribution in [0.25, 0.3) is 0 Å². The molecule has 1 aliphatic rings. The second-order valence-electron chi connectivity index (χ2n) is 7.24. The molecule has 0 bridgehead atoms. The normalized spacial score (nSPS) is 15.3. The molecule has 2 N–H and O–H groups in total. The average molecular weight is 501 g/mol. The molecule has 1 aliphatic heterocycles. The van der Waals surface area contributed by atoms with Crippen LogP contribution in [0, 0.1) is 0 Å². The Labute approximate surface area is 187 Å². The number of aliphatic imine (C=N–C) groups is 1. The van der Waals surface area contributed by atoms with Gasteiger partial charge in [-0.3, -0.25) is 4.79 Å². The summed E-state index contributed by atoms with van der Waals surface area (Å²) in [5, 5.41) is 6.64. The number of carbonyl (C=O) groups is 1. The fourth-order valence-corrected chi connectivity index (χ4v) is 3.32. The van der Waals surface area contributed by atoms with Gasteiger partial charge in [0.25, 0.3) is 0 Å². The van der Waals surface area contributed by atoms with Gasteiger partial charge < -0.3 is 20.4 Å². The molecular formula is C21H36IN5O. The molecule has 1 saturated heterocycles. The Morgan fingerprint density at radius 3 is 2.32 bits per heavy atom. The number of hydrogen-bond acceptors (Lipinski definition) is 3. The van der Waals surface area contributed by atoms with Crippen molar-refractivity contribution in [3.8, 4) is 0 Å². The van der Waals surface area contributed by atoms with Crippen LogP contribution >= 0.6 is 24.0 Å². The van der Waals surface area contributed by atoms with Crippen molar-refractivity contribution < 1.29 is 4.79 Å². The SMILES string of the molecule is CCNC(=NCC(=O)N1CCCC1)NCC(c1ccc(CC)cc1)N(C)C.I. The van der Waals surface area contributed by atoms with E-state index in [0.717, 1.165) is 45.4 Å². The third kappa shape index (κ3) is 7.58. The van der Waals surface area contributed by atoms with Crippen LogP contribution in [0.1, 0.15) is 43.9 Å². The minimum absolute atomic E-state index is 0. The first-order chi connectivity index (χ1) is 13.0. The summed E-state index contributed by atoms with van der Waals surface area (Å²) in [6.45, 7) is 7.63. The van der Waals surface area contributed by atoms with E-state index in [9.17, 15) is 4.79 Å². The van der Waals surface area contributed by atoms with Crippen LogP contribution < -0.4 is 10.6 Å². The van der Waals surface area contributed by atoms with Gasteiger partial charge in [-0.05, 0) is 51.4 Å². The minimum atomic E-state index is 0. The highest BCUT2D eigenvalue weighted by Gasteiger charge is 2.18. The highest BCUT2D eigenvalue weighted by Crippen LogP contribution is 2.18. The van der Waals surface area contributed by atoms with Gasteiger partial charge in [-0.25, -0.2) is 4.99 Å². The monoisotopic (exact) mass is 501 g/mol. The van der Waals surface area contributed by atoms with Crippen molar-refractivity contribution in [3.05, 3.63) is 35.4 Å². The zero-order valence-electron chi connectivity index (χ0n) is 17.7. The number of guanidine groups is 1. The number of aryl methyl sites for hydroxylation is 1. The Balaban J connectivity index is 0.00000392. The molecule has 1 amide bonds. The van der Waals surface area contributed by atoms with Gasteiger partial charge in [-0.2, -0.15) is 0 Å². The van der Waals surface area contributed by atoms with Gasteiger partial charge in [0.1, 0.15) is 6.54 Å². The molecule has 1 aromatic carbocycles. The molecule has 0 aromatic heterocycles. The fourth-order valence-electron chi connectivity index (χ4n) is 3.32. The summed E-state index contributed by atoms with van der Waals surface area (Å²) in [5.74, 6) is 0.811. The van der Waals surface area contributed by atoms with E-state index in [1.54, 1.807) is 0 Å². The van der Waals surface area contributed by atoms with Gasteiger partial charge in [0, 0.05) is 26.2 Å². The van der Waals surface area contributed by atoms with Crippen LogP contribution in [0.4, 0.5) is 0 Å². The van der Waals surface area contributed by atoms with Gasteiger partial charge in [0.2, 0.25) is 5.91 Å². The summed E-state index contributed by atoms with van der Waals surface area (Å²) in [6.07, 6.45) is 3.26. The van der Waals surface area contributed by atoms with Gasteiger partial charge in [-0.15, -0.1) is 24.0 Å². The van der Waals surface area contributed by atoms with Crippen molar-refractivity contribution in [1.82, 2.24) is 20.4 Å². The van der Waals surface area contributed by atoms with Crippen LogP contribution in [-0.4, -0.2) is 68.5 Å². The van der Waals surface area contributed by atoms with Crippen molar-refractivity contribution in [1.29, 1.82) is 0 Å². The lowest BCUT2D eigenvalue weighted by Gasteiger charge is -2.26. The third-order valence-electron chi connectivity index (χ3n) is 5.03. The molecule has 1 atom stereocenters. The Kier molecular flexibility index (Phi) is 11.4. The molecule has 1 heterocycles. The van der Waals surface area contributed by atoms with E-state index in [-0.39, 0.29) is 42.5 Å². The number of likely N-dealkylation sites (N-methyl/N-ethyl adjacent to an activating group) is 1. The first-order valence-corrected chi connectivity index (χ1v) is 10.1. The van der Waals surface area contributed by atoms with E-state index >= 15 is 0 Å². The van der Waals surface area contributed by atoms with E-state index in [1.807, 2.05) is 11.8 Å². The molecule has 0 spiro atoms. The van der Waals surface area contributed by atoms with E-state index in [0.29, 0.717) is 5.96 Å². The standard InChI is InChI=1S/C21H35N5O.HI/c1-5-17-9-11-18(12-10-17)19(25(3)4)15-23-21(22-6-2)24-16-20(27)26-13-7-8-14-26;/h9-12,19H,5-8,13-16H2,1-4H3,(H2,22,23,24);1H. The van der Waals surface area contributed by atoms with Crippen LogP contribution in [0.2, 0.25) is 0 Å². The van der Waals surface area contributed by atoms with Gasteiger partial charge >= 0.3 is 0 Å². The Morgan fingerprint density at radius 2 is 1.79 bits per heavy atom. The number of benzene rings is 1. The van der Waals surface area contributed by atoms with E-state index in [4.69, 9.17) is 0 Å². The maximum atomic E-state index is 12.2. The molecule has 0 saturated carbocycles. The molecule has 1 unspecified atom stereocenters. The lowest BCUT2D eigenvalue weighted by Crippen LogP contribution is -2.42. The summed E-state index contributed by atoms with van der Waals surface area (Å²) in [4.78, 5) is 20.8. The third-order valence-corrected chi connectivity index (χ3v) is 5.03. The number of carbonyl (C=O) groups excluding carboxylic acids is 1. The van der Waals surface area contributed by atoms with Crippen LogP contribution in [0.5, 0.6) is 0 Å². The van der Waals surface area contributed by atoms with E-state index in [1.165, 1.54) is 11.1 Å². The number of amides is 1. The van der Waals surface area contributed by atoms with Crippen molar-refractivity contribution in [2.24, 2.45) is 4.99 Å². The molecule has 0 radical (unpaired) electrons. The molecular weight excluding hydrogens is 465 g/mol. The predicted molar refractivity (Wildman–Crippen MR) is 127 cm³/mol. The quantitative estimate of drug-likeness (QED) is 0.327. The predicted octanol–water partition coefficient (Wildman–Crippen LogP) is 2.65. The van der Waals surface area contributed by atoms with Crippen molar-refractivity contribution >= 4 is 35.8 Å². The lowest BCUT2D eigenvalue weighted by molar-refractivity contribution is -0.128. The smallest absolute Gasteiger partial charge is 0.244 e. The largest absolute Gasteiger partial charge is 0.357 e. The topological polar surface area (TPSA) is 60.0 Å². The number of halogens is 1. The van der Waals surface area contributed by atoms with Crippen molar-refractivity contribution in [2.45, 2.75) is 39.2 Å². The van der Waals surface area contributed by atoms with Gasteiger partial charge in [0.15, 0.2) is 5.96 Å². The summed E-state index contributed by atoms with van der Waals surface area (Å²) in [6, 6.07) is 9.02. The summed E-state index contributed by atoms with van der Waals surface area (Å²) in [7, 11) is 4.17. The zero-order chi connectivity index (χ0) is 19.6. The van der Waals surface area contributed by atoms with Crippen LogP contribution in [-0.2, 0) is 11.2 Å². The molecule has 6 nitrogen and oxygen atoms in total. The molecule has 1 aromatic rings. The average Bonchev–Trinajstić information content (AvgIpc) is 3.21. The maximum Gasteiger partial charge on any atom is 0.244 e. The summed E-state index contributed by atoms with van der Waals surface area (Å²) < 4.78 is 0. The molecule has 158 valence electrons. The second kappa shape index (κ2) is 13.0. The minimum Gasteiger partial charge on any atom is -0.357 e. The van der Waals surface area contributed by atoms with Crippen molar-refractivity contribution in [2.75, 3.05) is 46.8 Å². The van der Waals surface area contributed by atoms with E-state index in [2.05, 4.69) is 65.8 Å².